The lowest BCUT2D eigenvalue weighted by Crippen LogP contribution is -2.06. The summed E-state index contributed by atoms with van der Waals surface area (Å²) < 4.78 is 67.6. The molecule has 4 aromatic rings. The van der Waals surface area contributed by atoms with Crippen molar-refractivity contribution in [2.75, 3.05) is 0 Å². The smallest absolute Gasteiger partial charge is 0.208 e. The molecule has 3 nitrogen and oxygen atoms in total. The second kappa shape index (κ2) is 7.00. The van der Waals surface area contributed by atoms with Crippen molar-refractivity contribution in [3.8, 4) is 11.1 Å². The van der Waals surface area contributed by atoms with Crippen molar-refractivity contribution in [2.45, 2.75) is 16.7 Å². The minimum absolute atomic E-state index is 0.216. The van der Waals surface area contributed by atoms with E-state index in [2.05, 4.69) is 4.98 Å². The van der Waals surface area contributed by atoms with Gasteiger partial charge in [0.25, 0.3) is 0 Å². The molecule has 0 aliphatic carbocycles. The molecule has 4 rings (SSSR count). The first kappa shape index (κ1) is 19.1. The topological polar surface area (TPSA) is 47.0 Å². The largest absolute Gasteiger partial charge is 0.255 e. The number of hydrogen-bond acceptors (Lipinski definition) is 3. The lowest BCUT2D eigenvalue weighted by Gasteiger charge is -2.14. The molecule has 29 heavy (non-hydrogen) atoms. The lowest BCUT2D eigenvalue weighted by atomic mass is 10.00. The van der Waals surface area contributed by atoms with E-state index >= 15 is 0 Å². The highest BCUT2D eigenvalue weighted by atomic mass is 32.2. The predicted octanol–water partition coefficient (Wildman–Crippen LogP) is 5.46. The number of fused-ring (bicyclic) bond motifs is 1. The molecule has 0 saturated heterocycles. The third-order valence-electron chi connectivity index (χ3n) is 4.59. The number of aromatic nitrogens is 1. The van der Waals surface area contributed by atoms with Crippen LogP contribution in [0.1, 0.15) is 5.56 Å². The van der Waals surface area contributed by atoms with Gasteiger partial charge in [0, 0.05) is 17.1 Å². The number of benzene rings is 3. The van der Waals surface area contributed by atoms with Gasteiger partial charge >= 0.3 is 0 Å². The van der Waals surface area contributed by atoms with E-state index in [4.69, 9.17) is 0 Å². The van der Waals surface area contributed by atoms with Crippen molar-refractivity contribution in [1.29, 1.82) is 0 Å². The lowest BCUT2D eigenvalue weighted by molar-refractivity contribution is 0.504. The van der Waals surface area contributed by atoms with Gasteiger partial charge in [-0.3, -0.25) is 4.98 Å². The van der Waals surface area contributed by atoms with Crippen molar-refractivity contribution in [2.24, 2.45) is 0 Å². The van der Waals surface area contributed by atoms with Crippen LogP contribution in [0, 0.1) is 24.4 Å². The van der Waals surface area contributed by atoms with Gasteiger partial charge in [0.1, 0.15) is 5.82 Å². The molecule has 1 heterocycles. The summed E-state index contributed by atoms with van der Waals surface area (Å²) in [5.41, 5.74) is 2.08. The fraction of sp³-hybridized carbons (Fsp3) is 0.0455. The van der Waals surface area contributed by atoms with E-state index in [-0.39, 0.29) is 10.5 Å². The molecule has 0 N–H and O–H groups in total. The Morgan fingerprint density at radius 2 is 1.66 bits per heavy atom. The van der Waals surface area contributed by atoms with Crippen LogP contribution in [0.4, 0.5) is 13.2 Å². The Kier molecular flexibility index (Phi) is 4.62. The molecule has 0 amide bonds. The van der Waals surface area contributed by atoms with E-state index in [0.29, 0.717) is 22.5 Å². The first-order chi connectivity index (χ1) is 13.8. The monoisotopic (exact) mass is 413 g/mol. The predicted molar refractivity (Wildman–Crippen MR) is 104 cm³/mol. The summed E-state index contributed by atoms with van der Waals surface area (Å²) >= 11 is 0. The molecule has 0 spiro atoms. The second-order valence-corrected chi connectivity index (χ2v) is 8.53. The quantitative estimate of drug-likeness (QED) is 0.419. The van der Waals surface area contributed by atoms with Gasteiger partial charge in [-0.15, -0.1) is 0 Å². The van der Waals surface area contributed by atoms with Crippen LogP contribution in [0.3, 0.4) is 0 Å². The van der Waals surface area contributed by atoms with Gasteiger partial charge in [-0.2, -0.15) is 0 Å². The Hall–Kier alpha value is -3.19. The molecule has 0 atom stereocenters. The zero-order valence-electron chi connectivity index (χ0n) is 15.2. The standard InChI is InChI=1S/C22H14F3NO2S/c1-13-3-2-4-14(9-13)22-17-10-15(23)5-8-20(17)26-12-21(22)29(27,28)16-6-7-18(24)19(25)11-16/h2-12H,1H3. The minimum atomic E-state index is -4.27. The number of aryl methyl sites for hydroxylation is 1. The van der Waals surface area contributed by atoms with Crippen molar-refractivity contribution in [1.82, 2.24) is 4.98 Å². The summed E-state index contributed by atoms with van der Waals surface area (Å²) in [4.78, 5) is 3.52. The van der Waals surface area contributed by atoms with Gasteiger partial charge in [0.15, 0.2) is 11.6 Å². The van der Waals surface area contributed by atoms with Crippen LogP contribution in [0.15, 0.2) is 76.7 Å². The average molecular weight is 413 g/mol. The third-order valence-corrected chi connectivity index (χ3v) is 6.36. The molecule has 0 unspecified atom stereocenters. The highest BCUT2D eigenvalue weighted by molar-refractivity contribution is 7.91. The van der Waals surface area contributed by atoms with E-state index < -0.39 is 32.2 Å². The molecule has 3 aromatic carbocycles. The zero-order chi connectivity index (χ0) is 20.8. The molecule has 0 aliphatic rings. The Morgan fingerprint density at radius 3 is 2.38 bits per heavy atom. The van der Waals surface area contributed by atoms with Gasteiger partial charge in [-0.1, -0.05) is 29.8 Å². The van der Waals surface area contributed by atoms with Gasteiger partial charge in [-0.05, 0) is 48.9 Å². The van der Waals surface area contributed by atoms with E-state index in [1.165, 1.54) is 18.2 Å². The molecular weight excluding hydrogens is 399 g/mol. The SMILES string of the molecule is Cc1cccc(-c2c(S(=O)(=O)c3ccc(F)c(F)c3)cnc3ccc(F)cc23)c1. The maximum atomic E-state index is 14.0. The van der Waals surface area contributed by atoms with Crippen LogP contribution in [-0.2, 0) is 9.84 Å². The van der Waals surface area contributed by atoms with Crippen LogP contribution >= 0.6 is 0 Å². The number of nitrogens with zero attached hydrogens (tertiary/aromatic N) is 1. The van der Waals surface area contributed by atoms with E-state index in [9.17, 15) is 21.6 Å². The molecule has 146 valence electrons. The van der Waals surface area contributed by atoms with Gasteiger partial charge in [0.05, 0.1) is 15.3 Å². The minimum Gasteiger partial charge on any atom is -0.255 e. The first-order valence-corrected chi connectivity index (χ1v) is 10.1. The molecular formula is C22H14F3NO2S. The number of hydrogen-bond donors (Lipinski definition) is 0. The molecule has 7 heteroatoms. The third kappa shape index (κ3) is 3.38. The second-order valence-electron chi connectivity index (χ2n) is 6.61. The molecule has 0 radical (unpaired) electrons. The van der Waals surface area contributed by atoms with Crippen molar-refractivity contribution >= 4 is 20.7 Å². The fourth-order valence-corrected chi connectivity index (χ4v) is 4.67. The highest BCUT2D eigenvalue weighted by Gasteiger charge is 2.26. The summed E-state index contributed by atoms with van der Waals surface area (Å²) in [6.45, 7) is 1.84. The number of rotatable bonds is 3. The van der Waals surface area contributed by atoms with E-state index in [0.717, 1.165) is 23.9 Å². The Bertz CT molecular complexity index is 1370. The Labute approximate surface area is 165 Å². The van der Waals surface area contributed by atoms with Crippen molar-refractivity contribution < 1.29 is 21.6 Å². The number of halogens is 3. The zero-order valence-corrected chi connectivity index (χ0v) is 16.0. The summed E-state index contributed by atoms with van der Waals surface area (Å²) in [6, 6.07) is 13.3. The molecule has 0 fully saturated rings. The Morgan fingerprint density at radius 1 is 0.862 bits per heavy atom. The molecule has 0 aliphatic heterocycles. The average Bonchev–Trinajstić information content (AvgIpc) is 2.69. The van der Waals surface area contributed by atoms with Crippen LogP contribution in [-0.4, -0.2) is 13.4 Å². The maximum Gasteiger partial charge on any atom is 0.208 e. The van der Waals surface area contributed by atoms with Crippen LogP contribution in [0.5, 0.6) is 0 Å². The van der Waals surface area contributed by atoms with E-state index in [1.807, 2.05) is 13.0 Å². The molecule has 0 bridgehead atoms. The number of sulfone groups is 1. The Balaban J connectivity index is 2.09. The summed E-state index contributed by atoms with van der Waals surface area (Å²) in [5.74, 6) is -2.97. The summed E-state index contributed by atoms with van der Waals surface area (Å²) in [7, 11) is -4.27. The van der Waals surface area contributed by atoms with Gasteiger partial charge in [0.2, 0.25) is 9.84 Å². The molecule has 0 saturated carbocycles. The first-order valence-electron chi connectivity index (χ1n) is 8.63. The van der Waals surface area contributed by atoms with Crippen LogP contribution < -0.4 is 0 Å². The normalized spacial score (nSPS) is 11.7. The van der Waals surface area contributed by atoms with Crippen molar-refractivity contribution in [3.63, 3.8) is 0 Å². The van der Waals surface area contributed by atoms with Gasteiger partial charge < -0.3 is 0 Å². The molecule has 1 aromatic heterocycles. The fourth-order valence-electron chi connectivity index (χ4n) is 3.22. The van der Waals surface area contributed by atoms with Gasteiger partial charge in [-0.25, -0.2) is 21.6 Å². The summed E-state index contributed by atoms with van der Waals surface area (Å²) in [6.07, 6.45) is 1.16. The maximum absolute atomic E-state index is 14.0. The van der Waals surface area contributed by atoms with Crippen LogP contribution in [0.25, 0.3) is 22.0 Å². The van der Waals surface area contributed by atoms with Crippen LogP contribution in [0.2, 0.25) is 0 Å². The highest BCUT2D eigenvalue weighted by Crippen LogP contribution is 2.37. The number of pyridine rings is 1. The van der Waals surface area contributed by atoms with E-state index in [1.54, 1.807) is 18.2 Å². The van der Waals surface area contributed by atoms with Crippen molar-refractivity contribution in [3.05, 3.63) is 89.9 Å². The summed E-state index contributed by atoms with van der Waals surface area (Å²) in [5, 5.41) is 0.305.